The number of hydrazine groups is 1. The van der Waals surface area contributed by atoms with E-state index >= 15 is 0 Å². The molecule has 1 atom stereocenters. The van der Waals surface area contributed by atoms with Crippen LogP contribution >= 0.6 is 0 Å². The Bertz CT molecular complexity index is 1040. The SMILES string of the molecule is CNC1=NC2=C3C(=CC(F)=CC3(C)N)N=C(Cc3ccc4c(c3)OCO4)N2N1. The van der Waals surface area contributed by atoms with Crippen molar-refractivity contribution in [1.82, 2.24) is 15.8 Å². The van der Waals surface area contributed by atoms with Gasteiger partial charge in [0.1, 0.15) is 11.7 Å². The molecule has 4 N–H and O–H groups in total. The average Bonchev–Trinajstić information content (AvgIpc) is 3.26. The van der Waals surface area contributed by atoms with Gasteiger partial charge in [-0.2, -0.15) is 4.99 Å². The lowest BCUT2D eigenvalue weighted by Crippen LogP contribution is -2.49. The van der Waals surface area contributed by atoms with Gasteiger partial charge in [0.25, 0.3) is 0 Å². The van der Waals surface area contributed by atoms with Gasteiger partial charge in [0.15, 0.2) is 17.3 Å². The topological polar surface area (TPSA) is 96.5 Å². The van der Waals surface area contributed by atoms with Crippen molar-refractivity contribution in [3.8, 4) is 11.5 Å². The lowest BCUT2D eigenvalue weighted by molar-refractivity contribution is 0.174. The molecular formula is C19H19FN6O2. The van der Waals surface area contributed by atoms with Crippen molar-refractivity contribution in [2.45, 2.75) is 18.9 Å². The van der Waals surface area contributed by atoms with Crippen LogP contribution in [-0.4, -0.2) is 36.2 Å². The number of nitrogens with zero attached hydrogens (tertiary/aromatic N) is 3. The molecule has 8 nitrogen and oxygen atoms in total. The van der Waals surface area contributed by atoms with E-state index in [0.717, 1.165) is 11.3 Å². The Morgan fingerprint density at radius 2 is 2.14 bits per heavy atom. The summed E-state index contributed by atoms with van der Waals surface area (Å²) in [5, 5.41) is 4.78. The molecule has 4 aliphatic rings. The molecule has 1 aromatic rings. The summed E-state index contributed by atoms with van der Waals surface area (Å²) in [6.07, 6.45) is 3.25. The fourth-order valence-corrected chi connectivity index (χ4v) is 3.67. The fraction of sp³-hybridized carbons (Fsp3) is 0.263. The molecule has 0 saturated carbocycles. The Morgan fingerprint density at radius 1 is 1.32 bits per heavy atom. The molecule has 0 aromatic heterocycles. The summed E-state index contributed by atoms with van der Waals surface area (Å²) in [6.45, 7) is 1.96. The van der Waals surface area contributed by atoms with E-state index in [0.29, 0.717) is 41.1 Å². The molecule has 9 heteroatoms. The molecule has 5 rings (SSSR count). The standard InChI is InChI=1S/C19H19FN6O2/c1-19(21)8-11(20)7-12-16(19)17-24-18(22-2)25-26(17)15(23-12)6-10-3-4-13-14(5-10)28-9-27-13/h3-5,7-8H,6,9,21H2,1-2H3,(H2,22,24,25). The van der Waals surface area contributed by atoms with E-state index in [9.17, 15) is 4.39 Å². The summed E-state index contributed by atoms with van der Waals surface area (Å²) in [4.78, 5) is 9.28. The summed E-state index contributed by atoms with van der Waals surface area (Å²) >= 11 is 0. The van der Waals surface area contributed by atoms with Crippen molar-refractivity contribution in [1.29, 1.82) is 0 Å². The van der Waals surface area contributed by atoms with Crippen LogP contribution in [0.15, 0.2) is 63.3 Å². The first-order valence-corrected chi connectivity index (χ1v) is 8.88. The maximum absolute atomic E-state index is 14.1. The third kappa shape index (κ3) is 2.55. The van der Waals surface area contributed by atoms with Crippen LogP contribution in [0, 0.1) is 0 Å². The molecule has 0 radical (unpaired) electrons. The summed E-state index contributed by atoms with van der Waals surface area (Å²) in [6, 6.07) is 5.74. The zero-order valence-electron chi connectivity index (χ0n) is 15.4. The molecule has 144 valence electrons. The Balaban J connectivity index is 1.56. The van der Waals surface area contributed by atoms with Gasteiger partial charge in [-0.1, -0.05) is 6.07 Å². The van der Waals surface area contributed by atoms with Crippen molar-refractivity contribution < 1.29 is 13.9 Å². The molecule has 1 aromatic carbocycles. The third-order valence-electron chi connectivity index (χ3n) is 4.92. The molecule has 0 spiro atoms. The largest absolute Gasteiger partial charge is 0.454 e. The second-order valence-electron chi connectivity index (χ2n) is 7.09. The maximum atomic E-state index is 14.1. The number of ether oxygens (including phenoxy) is 2. The van der Waals surface area contributed by atoms with Gasteiger partial charge in [0, 0.05) is 19.0 Å². The number of hydrogen-bond donors (Lipinski definition) is 3. The third-order valence-corrected chi connectivity index (χ3v) is 4.92. The Labute approximate surface area is 160 Å². The maximum Gasteiger partial charge on any atom is 0.231 e. The lowest BCUT2D eigenvalue weighted by Gasteiger charge is -2.35. The van der Waals surface area contributed by atoms with Crippen LogP contribution in [0.25, 0.3) is 0 Å². The average molecular weight is 382 g/mol. The number of guanidine groups is 1. The first-order chi connectivity index (χ1) is 13.4. The van der Waals surface area contributed by atoms with E-state index in [4.69, 9.17) is 20.2 Å². The number of rotatable bonds is 2. The molecule has 3 aliphatic heterocycles. The van der Waals surface area contributed by atoms with Gasteiger partial charge in [-0.15, -0.1) is 0 Å². The predicted molar refractivity (Wildman–Crippen MR) is 102 cm³/mol. The molecule has 0 saturated heterocycles. The van der Waals surface area contributed by atoms with Crippen molar-refractivity contribution in [3.05, 3.63) is 58.8 Å². The molecule has 28 heavy (non-hydrogen) atoms. The van der Waals surface area contributed by atoms with Gasteiger partial charge in [0.05, 0.1) is 11.2 Å². The number of aliphatic imine (C=N–C) groups is 2. The highest BCUT2D eigenvalue weighted by Gasteiger charge is 2.40. The zero-order valence-corrected chi connectivity index (χ0v) is 15.4. The van der Waals surface area contributed by atoms with Crippen LogP contribution in [0.5, 0.6) is 11.5 Å². The lowest BCUT2D eigenvalue weighted by atomic mass is 9.85. The minimum atomic E-state index is -1.02. The number of nitrogens with one attached hydrogen (secondary N) is 2. The van der Waals surface area contributed by atoms with Crippen LogP contribution < -0.4 is 25.9 Å². The summed E-state index contributed by atoms with van der Waals surface area (Å²) in [5.41, 5.74) is 10.6. The first kappa shape index (κ1) is 16.8. The van der Waals surface area contributed by atoms with Crippen molar-refractivity contribution >= 4 is 11.8 Å². The molecule has 3 heterocycles. The van der Waals surface area contributed by atoms with E-state index < -0.39 is 11.4 Å². The monoisotopic (exact) mass is 382 g/mol. The number of benzene rings is 1. The zero-order chi connectivity index (χ0) is 19.5. The molecule has 1 unspecified atom stereocenters. The van der Waals surface area contributed by atoms with Gasteiger partial charge in [-0.25, -0.2) is 14.4 Å². The van der Waals surface area contributed by atoms with Crippen LogP contribution in [0.3, 0.4) is 0 Å². The Morgan fingerprint density at radius 3 is 2.96 bits per heavy atom. The number of hydrogen-bond acceptors (Lipinski definition) is 8. The van der Waals surface area contributed by atoms with E-state index in [-0.39, 0.29) is 6.79 Å². The van der Waals surface area contributed by atoms with Crippen molar-refractivity contribution in [2.24, 2.45) is 15.7 Å². The Kier molecular flexibility index (Phi) is 3.50. The second-order valence-corrected chi connectivity index (χ2v) is 7.09. The molecular weight excluding hydrogens is 363 g/mol. The van der Waals surface area contributed by atoms with E-state index in [2.05, 4.69) is 15.7 Å². The quantitative estimate of drug-likeness (QED) is 0.716. The number of fused-ring (bicyclic) bond motifs is 3. The molecule has 0 bridgehead atoms. The minimum absolute atomic E-state index is 0.219. The van der Waals surface area contributed by atoms with E-state index in [1.54, 1.807) is 19.0 Å². The number of halogens is 1. The highest BCUT2D eigenvalue weighted by atomic mass is 19.1. The molecule has 1 aliphatic carbocycles. The van der Waals surface area contributed by atoms with Crippen molar-refractivity contribution in [2.75, 3.05) is 13.8 Å². The molecule has 0 fully saturated rings. The van der Waals surface area contributed by atoms with Gasteiger partial charge in [0.2, 0.25) is 12.8 Å². The van der Waals surface area contributed by atoms with E-state index in [1.807, 2.05) is 18.2 Å². The van der Waals surface area contributed by atoms with Gasteiger partial charge in [-0.05, 0) is 36.8 Å². The van der Waals surface area contributed by atoms with Crippen LogP contribution in [0.4, 0.5) is 4.39 Å². The predicted octanol–water partition coefficient (Wildman–Crippen LogP) is 1.45. The van der Waals surface area contributed by atoms with Crippen molar-refractivity contribution in [3.63, 3.8) is 0 Å². The van der Waals surface area contributed by atoms with Gasteiger partial charge in [-0.3, -0.25) is 5.43 Å². The van der Waals surface area contributed by atoms with Gasteiger partial charge < -0.3 is 20.5 Å². The normalized spacial score (nSPS) is 24.6. The summed E-state index contributed by atoms with van der Waals surface area (Å²) in [7, 11) is 1.77. The minimum Gasteiger partial charge on any atom is -0.454 e. The smallest absolute Gasteiger partial charge is 0.231 e. The second kappa shape index (κ2) is 5.83. The first-order valence-electron chi connectivity index (χ1n) is 8.88. The highest BCUT2D eigenvalue weighted by molar-refractivity contribution is 5.95. The number of amidine groups is 1. The fourth-order valence-electron chi connectivity index (χ4n) is 3.67. The summed E-state index contributed by atoms with van der Waals surface area (Å²) in [5.74, 6) is 2.85. The van der Waals surface area contributed by atoms with E-state index in [1.165, 1.54) is 12.2 Å². The van der Waals surface area contributed by atoms with Crippen LogP contribution in [0.1, 0.15) is 12.5 Å². The Hall–Kier alpha value is -3.33. The number of nitrogens with two attached hydrogens (primary N) is 1. The number of allylic oxidation sites excluding steroid dienone is 2. The highest BCUT2D eigenvalue weighted by Crippen LogP contribution is 2.39. The summed E-state index contributed by atoms with van der Waals surface area (Å²) < 4.78 is 25.0. The van der Waals surface area contributed by atoms with Crippen LogP contribution in [-0.2, 0) is 6.42 Å². The van der Waals surface area contributed by atoms with Gasteiger partial charge >= 0.3 is 0 Å². The molecule has 0 amide bonds. The van der Waals surface area contributed by atoms with Crippen LogP contribution in [0.2, 0.25) is 0 Å².